The summed E-state index contributed by atoms with van der Waals surface area (Å²) in [5.41, 5.74) is 7.41. The second-order valence-electron chi connectivity index (χ2n) is 8.50. The molecule has 0 radical (unpaired) electrons. The standard InChI is InChI=1S/C21H21BrClN7O3S/c22-11-8-25-18-14(13(11)26-12-9-1-2-10(7-9)15(12)33-20(24)31)27-19(29-18)16-17(23)28-21(34-16)30-3-5-32-6-4-30/h1-2,8-10,12,15H,3-7H2,(H2,24,31)(H2,25,26,27,29)/t9-,10+,12+,15-/m0/s1. The van der Waals surface area contributed by atoms with Gasteiger partial charge in [0.1, 0.15) is 16.5 Å². The van der Waals surface area contributed by atoms with E-state index in [1.807, 2.05) is 0 Å². The molecular formula is C21H21BrClN7O3S. The maximum absolute atomic E-state index is 11.5. The molecule has 10 nitrogen and oxygen atoms in total. The Balaban J connectivity index is 1.34. The van der Waals surface area contributed by atoms with Gasteiger partial charge in [-0.2, -0.15) is 0 Å². The molecule has 0 unspecified atom stereocenters. The first-order chi connectivity index (χ1) is 16.5. The molecule has 178 valence electrons. The van der Waals surface area contributed by atoms with Crippen LogP contribution in [-0.4, -0.2) is 64.5 Å². The van der Waals surface area contributed by atoms with Gasteiger partial charge in [0.15, 0.2) is 21.8 Å². The van der Waals surface area contributed by atoms with Gasteiger partial charge in [0, 0.05) is 31.1 Å². The molecule has 34 heavy (non-hydrogen) atoms. The van der Waals surface area contributed by atoms with Crippen molar-refractivity contribution in [2.75, 3.05) is 36.5 Å². The number of carbonyl (C=O) groups is 1. The van der Waals surface area contributed by atoms with Crippen molar-refractivity contribution in [1.29, 1.82) is 0 Å². The van der Waals surface area contributed by atoms with Crippen LogP contribution in [0.25, 0.3) is 21.9 Å². The van der Waals surface area contributed by atoms with Crippen LogP contribution >= 0.6 is 38.9 Å². The lowest BCUT2D eigenvalue weighted by Crippen LogP contribution is -2.41. The number of nitrogens with two attached hydrogens (primary N) is 1. The predicted octanol–water partition coefficient (Wildman–Crippen LogP) is 3.78. The van der Waals surface area contributed by atoms with Crippen LogP contribution in [0.1, 0.15) is 6.42 Å². The molecule has 1 amide bonds. The molecule has 0 spiro atoms. The molecular weight excluding hydrogens is 546 g/mol. The van der Waals surface area contributed by atoms with Crippen molar-refractivity contribution in [2.45, 2.75) is 18.6 Å². The zero-order valence-corrected chi connectivity index (χ0v) is 21.0. The van der Waals surface area contributed by atoms with Crippen molar-refractivity contribution in [1.82, 2.24) is 19.9 Å². The average Bonchev–Trinajstić information content (AvgIpc) is 3.60. The maximum atomic E-state index is 11.5. The zero-order chi connectivity index (χ0) is 23.4. The summed E-state index contributed by atoms with van der Waals surface area (Å²) in [6, 6.07) is -0.115. The van der Waals surface area contributed by atoms with Gasteiger partial charge in [0.25, 0.3) is 0 Å². The Labute approximate surface area is 212 Å². The summed E-state index contributed by atoms with van der Waals surface area (Å²) in [5, 5.41) is 4.81. The number of halogens is 2. The third-order valence-electron chi connectivity index (χ3n) is 6.50. The van der Waals surface area contributed by atoms with Crippen LogP contribution in [0.4, 0.5) is 15.6 Å². The lowest BCUT2D eigenvalue weighted by atomic mass is 9.98. The number of hydrogen-bond donors (Lipinski definition) is 3. The molecule has 3 aliphatic rings. The van der Waals surface area contributed by atoms with Crippen molar-refractivity contribution < 1.29 is 14.3 Å². The Bertz CT molecular complexity index is 1290. The van der Waals surface area contributed by atoms with Gasteiger partial charge < -0.3 is 30.4 Å². The molecule has 4 N–H and O–H groups in total. The molecule has 6 rings (SSSR count). The number of ether oxygens (including phenoxy) is 2. The smallest absolute Gasteiger partial charge is 0.404 e. The average molecular weight is 567 g/mol. The van der Waals surface area contributed by atoms with Gasteiger partial charge in [-0.3, -0.25) is 0 Å². The van der Waals surface area contributed by atoms with E-state index in [1.165, 1.54) is 11.3 Å². The van der Waals surface area contributed by atoms with E-state index in [4.69, 9.17) is 26.8 Å². The number of amides is 1. The van der Waals surface area contributed by atoms with Gasteiger partial charge in [-0.25, -0.2) is 19.7 Å². The number of nitrogens with zero attached hydrogens (tertiary/aromatic N) is 4. The van der Waals surface area contributed by atoms with E-state index in [-0.39, 0.29) is 24.0 Å². The van der Waals surface area contributed by atoms with Gasteiger partial charge in [0.2, 0.25) is 0 Å². The number of morpholine rings is 1. The zero-order valence-electron chi connectivity index (χ0n) is 17.8. The number of fused-ring (bicyclic) bond motifs is 3. The second kappa shape index (κ2) is 8.67. The lowest BCUT2D eigenvalue weighted by molar-refractivity contribution is 0.0854. The summed E-state index contributed by atoms with van der Waals surface area (Å²) in [6.07, 6.45) is 5.78. The van der Waals surface area contributed by atoms with Crippen LogP contribution in [0.5, 0.6) is 0 Å². The number of pyridine rings is 1. The van der Waals surface area contributed by atoms with Crippen molar-refractivity contribution in [3.8, 4) is 10.7 Å². The number of aromatic amines is 1. The molecule has 4 heterocycles. The predicted molar refractivity (Wildman–Crippen MR) is 133 cm³/mol. The van der Waals surface area contributed by atoms with E-state index in [0.29, 0.717) is 29.8 Å². The first kappa shape index (κ1) is 22.1. The van der Waals surface area contributed by atoms with E-state index in [1.54, 1.807) is 6.20 Å². The third-order valence-corrected chi connectivity index (χ3v) is 8.60. The van der Waals surface area contributed by atoms with E-state index in [0.717, 1.165) is 45.2 Å². The number of nitrogens with one attached hydrogen (secondary N) is 2. The molecule has 4 atom stereocenters. The largest absolute Gasteiger partial charge is 0.444 e. The number of imidazole rings is 1. The number of primary amides is 1. The Morgan fingerprint density at radius 1 is 1.32 bits per heavy atom. The summed E-state index contributed by atoms with van der Waals surface area (Å²) < 4.78 is 11.7. The number of H-pyrrole nitrogens is 1. The Kier molecular flexibility index (Phi) is 5.63. The van der Waals surface area contributed by atoms with Gasteiger partial charge in [-0.05, 0) is 22.4 Å². The minimum atomic E-state index is -0.767. The highest BCUT2D eigenvalue weighted by molar-refractivity contribution is 9.10. The summed E-state index contributed by atoms with van der Waals surface area (Å²) in [6.45, 7) is 2.89. The topological polar surface area (TPSA) is 131 Å². The summed E-state index contributed by atoms with van der Waals surface area (Å²) >= 11 is 11.6. The molecule has 0 aromatic carbocycles. The Morgan fingerprint density at radius 2 is 2.12 bits per heavy atom. The number of carbonyl (C=O) groups excluding carboxylic acids is 1. The lowest BCUT2D eigenvalue weighted by Gasteiger charge is -2.29. The minimum Gasteiger partial charge on any atom is -0.444 e. The number of anilines is 2. The fourth-order valence-corrected chi connectivity index (χ4v) is 6.64. The van der Waals surface area contributed by atoms with E-state index in [2.05, 4.69) is 58.2 Å². The molecule has 2 fully saturated rings. The molecule has 13 heteroatoms. The molecule has 3 aromatic rings. The number of aromatic nitrogens is 4. The van der Waals surface area contributed by atoms with Crippen molar-refractivity contribution in [3.05, 3.63) is 28.0 Å². The van der Waals surface area contributed by atoms with Crippen LogP contribution in [0.15, 0.2) is 22.8 Å². The highest BCUT2D eigenvalue weighted by Gasteiger charge is 2.47. The maximum Gasteiger partial charge on any atom is 0.404 e. The van der Waals surface area contributed by atoms with Crippen LogP contribution in [0, 0.1) is 11.8 Å². The monoisotopic (exact) mass is 565 g/mol. The van der Waals surface area contributed by atoms with Crippen molar-refractivity contribution in [2.24, 2.45) is 17.6 Å². The number of thiazole rings is 1. The molecule has 2 aliphatic carbocycles. The summed E-state index contributed by atoms with van der Waals surface area (Å²) in [7, 11) is 0. The van der Waals surface area contributed by atoms with Gasteiger partial charge in [-0.15, -0.1) is 0 Å². The van der Waals surface area contributed by atoms with E-state index < -0.39 is 6.09 Å². The quantitative estimate of drug-likeness (QED) is 0.398. The van der Waals surface area contributed by atoms with Gasteiger partial charge in [0.05, 0.1) is 29.4 Å². The van der Waals surface area contributed by atoms with Crippen LogP contribution in [0.2, 0.25) is 5.15 Å². The first-order valence-corrected chi connectivity index (χ1v) is 12.9. The minimum absolute atomic E-state index is 0.115. The van der Waals surface area contributed by atoms with Crippen molar-refractivity contribution >= 4 is 66.9 Å². The van der Waals surface area contributed by atoms with Crippen LogP contribution < -0.4 is 16.0 Å². The van der Waals surface area contributed by atoms with E-state index in [9.17, 15) is 4.79 Å². The van der Waals surface area contributed by atoms with Crippen LogP contribution in [-0.2, 0) is 9.47 Å². The first-order valence-electron chi connectivity index (χ1n) is 10.9. The van der Waals surface area contributed by atoms with Crippen LogP contribution in [0.3, 0.4) is 0 Å². The number of rotatable bonds is 5. The highest BCUT2D eigenvalue weighted by Crippen LogP contribution is 2.44. The number of hydrogen-bond acceptors (Lipinski definition) is 9. The Hall–Kier alpha value is -2.41. The molecule has 1 saturated carbocycles. The summed E-state index contributed by atoms with van der Waals surface area (Å²) in [5.74, 6) is 0.986. The van der Waals surface area contributed by atoms with Gasteiger partial charge >= 0.3 is 6.09 Å². The Morgan fingerprint density at radius 3 is 2.91 bits per heavy atom. The third kappa shape index (κ3) is 3.82. The summed E-state index contributed by atoms with van der Waals surface area (Å²) in [4.78, 5) is 31.5. The highest BCUT2D eigenvalue weighted by atomic mass is 79.9. The fraction of sp³-hybridized carbons (Fsp3) is 0.429. The molecule has 1 saturated heterocycles. The van der Waals surface area contributed by atoms with Gasteiger partial charge in [-0.1, -0.05) is 35.1 Å². The molecule has 3 aromatic heterocycles. The molecule has 2 bridgehead atoms. The fourth-order valence-electron chi connectivity index (χ4n) is 4.94. The second-order valence-corrected chi connectivity index (χ2v) is 10.7. The normalized spacial score (nSPS) is 25.9. The van der Waals surface area contributed by atoms with E-state index >= 15 is 0 Å². The SMILES string of the molecule is NC(=O)O[C@@H]1[C@H](Nc2c(Br)cnc3nc(-c4sc(N5CCOCC5)nc4Cl)[nH]c23)[C@H]2C=C[C@@H]1C2. The van der Waals surface area contributed by atoms with Crippen molar-refractivity contribution in [3.63, 3.8) is 0 Å². The molecule has 1 aliphatic heterocycles.